The van der Waals surface area contributed by atoms with Gasteiger partial charge < -0.3 is 14.2 Å². The van der Waals surface area contributed by atoms with E-state index < -0.39 is 28.7 Å². The Bertz CT molecular complexity index is 1770. The number of aryl methyl sites for hydroxylation is 1. The summed E-state index contributed by atoms with van der Waals surface area (Å²) in [4.78, 5) is 41.4. The van der Waals surface area contributed by atoms with Crippen molar-refractivity contribution in [2.24, 2.45) is 5.10 Å². The summed E-state index contributed by atoms with van der Waals surface area (Å²) in [5.74, 6) is 0.0978. The molecule has 4 aromatic rings. The lowest BCUT2D eigenvalue weighted by Gasteiger charge is -2.18. The Balaban J connectivity index is 1.97. The molecular weight excluding hydrogens is 564 g/mol. The zero-order chi connectivity index (χ0) is 30.6. The topological polar surface area (TPSA) is 135 Å². The van der Waals surface area contributed by atoms with Crippen LogP contribution in [-0.4, -0.2) is 47.1 Å². The maximum atomic E-state index is 13.8. The van der Waals surface area contributed by atoms with Gasteiger partial charge >= 0.3 is 11.7 Å². The van der Waals surface area contributed by atoms with Crippen molar-refractivity contribution in [1.82, 2.24) is 9.66 Å². The summed E-state index contributed by atoms with van der Waals surface area (Å²) in [5.41, 5.74) is 1.98. The van der Waals surface area contributed by atoms with Gasteiger partial charge in [-0.05, 0) is 61.2 Å². The molecule has 218 valence electrons. The van der Waals surface area contributed by atoms with E-state index >= 15 is 0 Å². The van der Waals surface area contributed by atoms with Crippen molar-refractivity contribution in [2.75, 3.05) is 20.3 Å². The number of carbonyl (C=O) groups excluding carboxylic acids is 1. The largest absolute Gasteiger partial charge is 0.494 e. The quantitative estimate of drug-likeness (QED) is 0.0962. The fourth-order valence-corrected chi connectivity index (χ4v) is 4.60. The molecule has 0 atom stereocenters. The minimum absolute atomic E-state index is 0.0294. The highest BCUT2D eigenvalue weighted by molar-refractivity contribution is 6.31. The lowest BCUT2D eigenvalue weighted by molar-refractivity contribution is -0.385. The van der Waals surface area contributed by atoms with E-state index in [4.69, 9.17) is 26.1 Å². The molecule has 42 heavy (non-hydrogen) atoms. The standard InChI is InChI=1S/C30H29ClN4O7/c1-6-41-26-11-18(4)23(14-22(26)17(2)3)29-33-24-10-8-7-9-21(24)30(37)34(29)32-15-19-12-20(31)13-25(35(38)39)28(19)42-16-27(36)40-5/h7-15,17H,6,16H2,1-5H3. The summed E-state index contributed by atoms with van der Waals surface area (Å²) in [6, 6.07) is 13.2. The van der Waals surface area contributed by atoms with Crippen LogP contribution in [0.3, 0.4) is 0 Å². The molecular formula is C30H29ClN4O7. The predicted octanol–water partition coefficient (Wildman–Crippen LogP) is 5.89. The van der Waals surface area contributed by atoms with E-state index in [2.05, 4.69) is 9.84 Å². The molecule has 0 fully saturated rings. The number of halogens is 1. The molecule has 0 bridgehead atoms. The first-order chi connectivity index (χ1) is 20.0. The predicted molar refractivity (Wildman–Crippen MR) is 160 cm³/mol. The van der Waals surface area contributed by atoms with Crippen molar-refractivity contribution in [3.8, 4) is 22.9 Å². The fraction of sp³-hybridized carbons (Fsp3) is 0.267. The number of para-hydroxylation sites is 1. The Kier molecular flexibility index (Phi) is 9.21. The number of aromatic nitrogens is 2. The van der Waals surface area contributed by atoms with Crippen molar-refractivity contribution in [1.29, 1.82) is 0 Å². The Hall–Kier alpha value is -4.77. The SMILES string of the molecule is CCOc1cc(C)c(-c2nc3ccccc3c(=O)n2N=Cc2cc(Cl)cc([N+](=O)[O-])c2OCC(=O)OC)cc1C(C)C. The molecule has 0 saturated carbocycles. The Morgan fingerprint density at radius 3 is 2.60 bits per heavy atom. The van der Waals surface area contributed by atoms with Gasteiger partial charge in [-0.2, -0.15) is 9.78 Å². The number of benzene rings is 3. The monoisotopic (exact) mass is 592 g/mol. The van der Waals surface area contributed by atoms with Crippen LogP contribution in [0.25, 0.3) is 22.3 Å². The fourth-order valence-electron chi connectivity index (χ4n) is 4.37. The van der Waals surface area contributed by atoms with Crippen LogP contribution < -0.4 is 15.0 Å². The molecule has 0 spiro atoms. The second-order valence-electron chi connectivity index (χ2n) is 9.57. The smallest absolute Gasteiger partial charge is 0.343 e. The summed E-state index contributed by atoms with van der Waals surface area (Å²) in [6.07, 6.45) is 1.21. The van der Waals surface area contributed by atoms with Crippen LogP contribution in [0.4, 0.5) is 5.69 Å². The van der Waals surface area contributed by atoms with E-state index in [1.807, 2.05) is 39.8 Å². The molecule has 1 aromatic heterocycles. The maximum absolute atomic E-state index is 13.8. The van der Waals surface area contributed by atoms with Crippen molar-refractivity contribution in [3.63, 3.8) is 0 Å². The second-order valence-corrected chi connectivity index (χ2v) is 10.0. The van der Waals surface area contributed by atoms with Crippen LogP contribution in [0.15, 0.2) is 58.4 Å². The van der Waals surface area contributed by atoms with Crippen molar-refractivity contribution < 1.29 is 23.9 Å². The number of hydrogen-bond acceptors (Lipinski definition) is 9. The van der Waals surface area contributed by atoms with Crippen LogP contribution in [0.2, 0.25) is 5.02 Å². The highest BCUT2D eigenvalue weighted by atomic mass is 35.5. The first-order valence-electron chi connectivity index (χ1n) is 13.1. The zero-order valence-electron chi connectivity index (χ0n) is 23.7. The van der Waals surface area contributed by atoms with Gasteiger partial charge in [-0.3, -0.25) is 14.9 Å². The third kappa shape index (κ3) is 6.26. The highest BCUT2D eigenvalue weighted by Gasteiger charge is 2.23. The van der Waals surface area contributed by atoms with Crippen LogP contribution in [0.1, 0.15) is 43.4 Å². The Morgan fingerprint density at radius 2 is 1.93 bits per heavy atom. The Labute approximate surface area is 246 Å². The first kappa shape index (κ1) is 30.2. The van der Waals surface area contributed by atoms with Gasteiger partial charge in [0.2, 0.25) is 5.75 Å². The molecule has 0 unspecified atom stereocenters. The van der Waals surface area contributed by atoms with Crippen LogP contribution >= 0.6 is 11.6 Å². The number of carbonyl (C=O) groups is 1. The number of fused-ring (bicyclic) bond motifs is 1. The van der Waals surface area contributed by atoms with Gasteiger partial charge in [-0.25, -0.2) is 9.78 Å². The summed E-state index contributed by atoms with van der Waals surface area (Å²) < 4.78 is 17.0. The lowest BCUT2D eigenvalue weighted by Crippen LogP contribution is -2.21. The molecule has 3 aromatic carbocycles. The van der Waals surface area contributed by atoms with Gasteiger partial charge in [-0.1, -0.05) is 37.6 Å². The molecule has 12 heteroatoms. The molecule has 0 N–H and O–H groups in total. The average molecular weight is 593 g/mol. The minimum atomic E-state index is -0.744. The molecule has 0 aliphatic carbocycles. The zero-order valence-corrected chi connectivity index (χ0v) is 24.5. The minimum Gasteiger partial charge on any atom is -0.494 e. The van der Waals surface area contributed by atoms with Crippen LogP contribution in [0, 0.1) is 17.0 Å². The lowest BCUT2D eigenvalue weighted by atomic mass is 9.96. The number of nitro benzene ring substituents is 1. The van der Waals surface area contributed by atoms with E-state index in [1.54, 1.807) is 24.3 Å². The molecule has 0 saturated heterocycles. The molecule has 0 aliphatic rings. The van der Waals surface area contributed by atoms with Crippen molar-refractivity contribution >= 4 is 40.4 Å². The third-order valence-electron chi connectivity index (χ3n) is 6.41. The summed E-state index contributed by atoms with van der Waals surface area (Å²) in [6.45, 7) is 7.78. The van der Waals surface area contributed by atoms with Crippen LogP contribution in [0.5, 0.6) is 11.5 Å². The number of hydrogen-bond donors (Lipinski definition) is 0. The molecule has 4 rings (SSSR count). The van der Waals surface area contributed by atoms with Gasteiger partial charge in [0, 0.05) is 22.2 Å². The Morgan fingerprint density at radius 1 is 1.19 bits per heavy atom. The van der Waals surface area contributed by atoms with Gasteiger partial charge in [0.25, 0.3) is 5.56 Å². The molecule has 11 nitrogen and oxygen atoms in total. The third-order valence-corrected chi connectivity index (χ3v) is 6.63. The van der Waals surface area contributed by atoms with Gasteiger partial charge in [-0.15, -0.1) is 0 Å². The number of rotatable bonds is 10. The maximum Gasteiger partial charge on any atom is 0.343 e. The number of esters is 1. The summed E-state index contributed by atoms with van der Waals surface area (Å²) in [5, 5.41) is 16.6. The summed E-state index contributed by atoms with van der Waals surface area (Å²) >= 11 is 6.18. The molecule has 0 radical (unpaired) electrons. The molecule has 0 amide bonds. The second kappa shape index (κ2) is 12.8. The average Bonchev–Trinajstić information content (AvgIpc) is 2.95. The normalized spacial score (nSPS) is 11.3. The number of ether oxygens (including phenoxy) is 3. The van der Waals surface area contributed by atoms with Gasteiger partial charge in [0.15, 0.2) is 12.4 Å². The molecule has 1 heterocycles. The van der Waals surface area contributed by atoms with E-state index in [1.165, 1.54) is 19.4 Å². The summed E-state index contributed by atoms with van der Waals surface area (Å²) in [7, 11) is 1.17. The van der Waals surface area contributed by atoms with Crippen molar-refractivity contribution in [3.05, 3.63) is 90.7 Å². The van der Waals surface area contributed by atoms with E-state index in [0.717, 1.165) is 27.6 Å². The molecule has 0 aliphatic heterocycles. The van der Waals surface area contributed by atoms with E-state index in [0.29, 0.717) is 23.1 Å². The highest BCUT2D eigenvalue weighted by Crippen LogP contribution is 2.36. The first-order valence-corrected chi connectivity index (χ1v) is 13.4. The van der Waals surface area contributed by atoms with Gasteiger partial charge in [0.1, 0.15) is 5.75 Å². The van der Waals surface area contributed by atoms with Crippen molar-refractivity contribution in [2.45, 2.75) is 33.6 Å². The number of methoxy groups -OCH3 is 1. The van der Waals surface area contributed by atoms with E-state index in [-0.39, 0.29) is 28.1 Å². The number of nitro groups is 1. The number of nitrogens with zero attached hydrogens (tertiary/aromatic N) is 4. The van der Waals surface area contributed by atoms with Crippen LogP contribution in [-0.2, 0) is 9.53 Å². The van der Waals surface area contributed by atoms with Gasteiger partial charge in [0.05, 0.1) is 35.8 Å². The van der Waals surface area contributed by atoms with E-state index in [9.17, 15) is 19.7 Å².